The number of rotatable bonds is 3. The number of hydrogen-bond donors (Lipinski definition) is 2. The monoisotopic (exact) mass is 149 g/mol. The van der Waals surface area contributed by atoms with Gasteiger partial charge < -0.3 is 14.9 Å². The van der Waals surface area contributed by atoms with Gasteiger partial charge in [-0.3, -0.25) is 0 Å². The molecule has 0 amide bonds. The average molecular weight is 149 g/mol. The van der Waals surface area contributed by atoms with Crippen LogP contribution < -0.4 is 0 Å². The van der Waals surface area contributed by atoms with Crippen LogP contribution in [0.4, 0.5) is 4.39 Å². The van der Waals surface area contributed by atoms with Crippen molar-refractivity contribution >= 4 is 0 Å². The van der Waals surface area contributed by atoms with Gasteiger partial charge in [0.05, 0.1) is 0 Å². The van der Waals surface area contributed by atoms with E-state index in [0.717, 1.165) is 6.07 Å². The Balaban J connectivity index is 3.99. The molecule has 0 aliphatic carbocycles. The second-order valence-corrected chi connectivity index (χ2v) is 1.58. The zero-order chi connectivity index (χ0) is 8.20. The number of aliphatic hydroxyl groups is 2. The molecule has 2 N–H and O–H groups in total. The van der Waals surface area contributed by atoms with Crippen LogP contribution >= 0.6 is 0 Å². The van der Waals surface area contributed by atoms with Gasteiger partial charge in [0.1, 0.15) is 6.07 Å². The average Bonchev–Trinajstić information content (AvgIpc) is 1.86. The van der Waals surface area contributed by atoms with E-state index in [1.165, 1.54) is 6.92 Å². The van der Waals surface area contributed by atoms with E-state index in [0.29, 0.717) is 0 Å². The maximum absolute atomic E-state index is 12.1. The van der Waals surface area contributed by atoms with E-state index in [2.05, 4.69) is 4.74 Å². The van der Waals surface area contributed by atoms with Crippen molar-refractivity contribution in [3.63, 3.8) is 0 Å². The first-order valence-corrected chi connectivity index (χ1v) is 2.67. The van der Waals surface area contributed by atoms with Gasteiger partial charge in [-0.1, -0.05) is 0 Å². The van der Waals surface area contributed by atoms with Crippen molar-refractivity contribution in [2.24, 2.45) is 0 Å². The van der Waals surface area contributed by atoms with E-state index in [1.54, 1.807) is 0 Å². The Hall–Kier alpha value is -0.700. The van der Waals surface area contributed by atoms with Gasteiger partial charge in [-0.05, 0) is 6.92 Å². The van der Waals surface area contributed by atoms with Crippen molar-refractivity contribution in [1.82, 2.24) is 0 Å². The highest BCUT2D eigenvalue weighted by Gasteiger charge is 2.36. The molecule has 58 valence electrons. The third-order valence-corrected chi connectivity index (χ3v) is 0.800. The first-order valence-electron chi connectivity index (χ1n) is 2.67. The van der Waals surface area contributed by atoms with Crippen molar-refractivity contribution in [2.75, 3.05) is 6.61 Å². The Morgan fingerprint density at radius 1 is 1.80 bits per heavy atom. The molecule has 0 saturated carbocycles. The van der Waals surface area contributed by atoms with Gasteiger partial charge in [0.25, 0.3) is 6.17 Å². The molecule has 1 atom stereocenters. The van der Waals surface area contributed by atoms with Crippen LogP contribution in [0.3, 0.4) is 0 Å². The lowest BCUT2D eigenvalue weighted by Gasteiger charge is -2.19. The summed E-state index contributed by atoms with van der Waals surface area (Å²) < 4.78 is 16.2. The summed E-state index contributed by atoms with van der Waals surface area (Å²) >= 11 is 0. The van der Waals surface area contributed by atoms with Crippen molar-refractivity contribution in [3.05, 3.63) is 0 Å². The normalized spacial score (nSPS) is 14.3. The zero-order valence-electron chi connectivity index (χ0n) is 5.41. The number of nitriles is 1. The summed E-state index contributed by atoms with van der Waals surface area (Å²) in [7, 11) is 0. The van der Waals surface area contributed by atoms with Crippen LogP contribution in [0.15, 0.2) is 0 Å². The highest BCUT2D eigenvalue weighted by atomic mass is 19.1. The van der Waals surface area contributed by atoms with E-state index < -0.39 is 12.1 Å². The van der Waals surface area contributed by atoms with Crippen LogP contribution in [0.2, 0.25) is 0 Å². The summed E-state index contributed by atoms with van der Waals surface area (Å²) in [4.78, 5) is 0. The number of hydrogen-bond acceptors (Lipinski definition) is 4. The first kappa shape index (κ1) is 9.30. The molecule has 0 fully saturated rings. The summed E-state index contributed by atoms with van der Waals surface area (Å²) in [5, 5.41) is 24.9. The molecule has 1 unspecified atom stereocenters. The molecule has 5 heteroatoms. The second-order valence-electron chi connectivity index (χ2n) is 1.58. The fourth-order valence-corrected chi connectivity index (χ4v) is 0.370. The summed E-state index contributed by atoms with van der Waals surface area (Å²) in [6.45, 7) is 1.38. The third kappa shape index (κ3) is 2.27. The fourth-order valence-electron chi connectivity index (χ4n) is 0.370. The summed E-state index contributed by atoms with van der Waals surface area (Å²) in [5.41, 5.74) is 0. The molecular formula is C5H8FNO3. The Morgan fingerprint density at radius 2 is 2.30 bits per heavy atom. The van der Waals surface area contributed by atoms with Crippen LogP contribution in [0, 0.1) is 11.3 Å². The van der Waals surface area contributed by atoms with E-state index in [-0.39, 0.29) is 6.61 Å². The summed E-state index contributed by atoms with van der Waals surface area (Å²) in [6.07, 6.45) is -2.44. The molecule has 10 heavy (non-hydrogen) atoms. The number of ether oxygens (including phenoxy) is 1. The molecule has 0 saturated heterocycles. The van der Waals surface area contributed by atoms with Gasteiger partial charge in [-0.2, -0.15) is 5.26 Å². The lowest BCUT2D eigenvalue weighted by Crippen LogP contribution is -2.41. The smallest absolute Gasteiger partial charge is 0.325 e. The second kappa shape index (κ2) is 3.46. The zero-order valence-corrected chi connectivity index (χ0v) is 5.41. The molecule has 0 rings (SSSR count). The van der Waals surface area contributed by atoms with Crippen molar-refractivity contribution < 1.29 is 19.3 Å². The summed E-state index contributed by atoms with van der Waals surface area (Å²) in [6, 6.07) is 0.998. The van der Waals surface area contributed by atoms with E-state index >= 15 is 0 Å². The Bertz CT molecular complexity index is 142. The van der Waals surface area contributed by atoms with E-state index in [1.807, 2.05) is 0 Å². The van der Waals surface area contributed by atoms with Gasteiger partial charge in [0.15, 0.2) is 0 Å². The fraction of sp³-hybridized carbons (Fsp3) is 0.800. The standard InChI is InChI=1S/C5H8FNO3/c1-2-10-5(8,9)4(6)3-7/h4,8-9H,2H2,1H3. The lowest BCUT2D eigenvalue weighted by atomic mass is 10.3. The van der Waals surface area contributed by atoms with Crippen molar-refractivity contribution in [2.45, 2.75) is 19.1 Å². The van der Waals surface area contributed by atoms with Gasteiger partial charge >= 0.3 is 5.97 Å². The number of halogens is 1. The van der Waals surface area contributed by atoms with Crippen LogP contribution in [-0.4, -0.2) is 29.0 Å². The Kier molecular flexibility index (Phi) is 3.22. The molecular weight excluding hydrogens is 141 g/mol. The predicted octanol–water partition coefficient (Wildman–Crippen LogP) is -0.477. The van der Waals surface area contributed by atoms with Gasteiger partial charge in [0, 0.05) is 6.61 Å². The topological polar surface area (TPSA) is 73.5 Å². The molecule has 0 aliphatic rings. The Morgan fingerprint density at radius 3 is 2.60 bits per heavy atom. The molecule has 4 nitrogen and oxygen atoms in total. The van der Waals surface area contributed by atoms with Crippen molar-refractivity contribution in [3.8, 4) is 6.07 Å². The highest BCUT2D eigenvalue weighted by molar-refractivity contribution is 4.88. The van der Waals surface area contributed by atoms with E-state index in [9.17, 15) is 4.39 Å². The highest BCUT2D eigenvalue weighted by Crippen LogP contribution is 2.10. The quantitative estimate of drug-likeness (QED) is 0.531. The third-order valence-electron chi connectivity index (χ3n) is 0.800. The molecule has 0 radical (unpaired) electrons. The number of alkyl halides is 1. The molecule has 0 aromatic rings. The molecule has 0 aromatic heterocycles. The molecule has 0 aromatic carbocycles. The largest absolute Gasteiger partial charge is 0.340 e. The van der Waals surface area contributed by atoms with Crippen molar-refractivity contribution in [1.29, 1.82) is 5.26 Å². The van der Waals surface area contributed by atoms with Crippen LogP contribution in [-0.2, 0) is 4.74 Å². The first-order chi connectivity index (χ1) is 4.54. The number of nitrogens with zero attached hydrogens (tertiary/aromatic N) is 1. The maximum Gasteiger partial charge on any atom is 0.325 e. The summed E-state index contributed by atoms with van der Waals surface area (Å²) in [5.74, 6) is -2.97. The minimum Gasteiger partial charge on any atom is -0.340 e. The van der Waals surface area contributed by atoms with E-state index in [4.69, 9.17) is 15.5 Å². The van der Waals surface area contributed by atoms with Crippen LogP contribution in [0.1, 0.15) is 6.92 Å². The molecule has 0 aliphatic heterocycles. The molecule has 0 bridgehead atoms. The molecule has 0 heterocycles. The lowest BCUT2D eigenvalue weighted by molar-refractivity contribution is -0.354. The molecule has 0 spiro atoms. The minimum absolute atomic E-state index is 0.0743. The van der Waals surface area contributed by atoms with Gasteiger partial charge in [0.2, 0.25) is 0 Å². The van der Waals surface area contributed by atoms with Crippen LogP contribution in [0.5, 0.6) is 0 Å². The maximum atomic E-state index is 12.1. The Labute approximate surface area is 57.5 Å². The SMILES string of the molecule is CCOC(O)(O)C(F)C#N. The van der Waals surface area contributed by atoms with Gasteiger partial charge in [-0.25, -0.2) is 4.39 Å². The minimum atomic E-state index is -2.97. The van der Waals surface area contributed by atoms with Crippen LogP contribution in [0.25, 0.3) is 0 Å². The predicted molar refractivity (Wildman–Crippen MR) is 29.3 cm³/mol. The van der Waals surface area contributed by atoms with Gasteiger partial charge in [-0.15, -0.1) is 0 Å².